The quantitative estimate of drug-likeness (QED) is 0.469. The molecule has 156 valence electrons. The molecule has 0 bridgehead atoms. The standard InChI is InChI=1S/C22H26N6O2/c1-15-4-6-18(7-5-15)30-14-22(29)25-11-10-24-20-13-21(27-17(3)26-20)28-19-12-16(2)8-9-23-19/h4-9,12-13H,10-11,14H2,1-3H3,(H,25,29)(H2,23,24,26,27,28). The van der Waals surface area contributed by atoms with E-state index in [9.17, 15) is 4.79 Å². The Labute approximate surface area is 176 Å². The van der Waals surface area contributed by atoms with Gasteiger partial charge in [0.15, 0.2) is 6.61 Å². The number of hydrogen-bond acceptors (Lipinski definition) is 7. The van der Waals surface area contributed by atoms with Crippen molar-refractivity contribution < 1.29 is 9.53 Å². The van der Waals surface area contributed by atoms with Crippen LogP contribution in [0, 0.1) is 20.8 Å². The Morgan fingerprint density at radius 3 is 2.43 bits per heavy atom. The van der Waals surface area contributed by atoms with Gasteiger partial charge in [0, 0.05) is 25.4 Å². The molecule has 1 amide bonds. The second-order valence-electron chi connectivity index (χ2n) is 6.91. The molecule has 0 aliphatic heterocycles. The van der Waals surface area contributed by atoms with Crippen LogP contribution in [0.5, 0.6) is 5.75 Å². The fraction of sp³-hybridized carbons (Fsp3) is 0.273. The molecule has 1 aromatic carbocycles. The zero-order valence-corrected chi connectivity index (χ0v) is 17.4. The van der Waals surface area contributed by atoms with Crippen molar-refractivity contribution in [2.24, 2.45) is 0 Å². The summed E-state index contributed by atoms with van der Waals surface area (Å²) >= 11 is 0. The van der Waals surface area contributed by atoms with E-state index in [-0.39, 0.29) is 12.5 Å². The van der Waals surface area contributed by atoms with E-state index in [1.807, 2.05) is 57.2 Å². The van der Waals surface area contributed by atoms with Gasteiger partial charge >= 0.3 is 0 Å². The molecular formula is C22H26N6O2. The number of amides is 1. The number of ether oxygens (including phenoxy) is 1. The number of pyridine rings is 1. The molecule has 2 heterocycles. The number of benzene rings is 1. The Kier molecular flexibility index (Phi) is 7.15. The number of carbonyl (C=O) groups is 1. The smallest absolute Gasteiger partial charge is 0.258 e. The monoisotopic (exact) mass is 406 g/mol. The van der Waals surface area contributed by atoms with Crippen LogP contribution < -0.4 is 20.7 Å². The molecule has 0 fully saturated rings. The van der Waals surface area contributed by atoms with E-state index in [0.29, 0.717) is 36.3 Å². The van der Waals surface area contributed by atoms with Gasteiger partial charge in [-0.3, -0.25) is 4.79 Å². The number of nitrogens with one attached hydrogen (secondary N) is 3. The normalized spacial score (nSPS) is 10.4. The first kappa shape index (κ1) is 21.0. The second kappa shape index (κ2) is 10.2. The molecule has 8 heteroatoms. The number of aromatic nitrogens is 3. The van der Waals surface area contributed by atoms with Crippen LogP contribution in [0.25, 0.3) is 0 Å². The maximum Gasteiger partial charge on any atom is 0.258 e. The minimum atomic E-state index is -0.177. The van der Waals surface area contributed by atoms with Gasteiger partial charge in [-0.15, -0.1) is 0 Å². The lowest BCUT2D eigenvalue weighted by Crippen LogP contribution is -2.32. The predicted molar refractivity (Wildman–Crippen MR) is 117 cm³/mol. The fourth-order valence-corrected chi connectivity index (χ4v) is 2.68. The Morgan fingerprint density at radius 2 is 1.67 bits per heavy atom. The van der Waals surface area contributed by atoms with E-state index in [2.05, 4.69) is 30.9 Å². The summed E-state index contributed by atoms with van der Waals surface area (Å²) in [6, 6.07) is 13.3. The molecule has 30 heavy (non-hydrogen) atoms. The van der Waals surface area contributed by atoms with Gasteiger partial charge in [-0.2, -0.15) is 0 Å². The van der Waals surface area contributed by atoms with Gasteiger partial charge in [0.25, 0.3) is 5.91 Å². The van der Waals surface area contributed by atoms with Crippen molar-refractivity contribution in [1.29, 1.82) is 0 Å². The van der Waals surface area contributed by atoms with Gasteiger partial charge in [0.1, 0.15) is 29.0 Å². The lowest BCUT2D eigenvalue weighted by molar-refractivity contribution is -0.123. The summed E-state index contributed by atoms with van der Waals surface area (Å²) in [4.78, 5) is 25.0. The Morgan fingerprint density at radius 1 is 0.900 bits per heavy atom. The molecule has 3 N–H and O–H groups in total. The molecule has 0 saturated carbocycles. The van der Waals surface area contributed by atoms with Crippen molar-refractivity contribution >= 4 is 23.4 Å². The maximum absolute atomic E-state index is 11.9. The van der Waals surface area contributed by atoms with E-state index in [1.54, 1.807) is 12.3 Å². The highest BCUT2D eigenvalue weighted by Crippen LogP contribution is 2.16. The summed E-state index contributed by atoms with van der Waals surface area (Å²) in [6.07, 6.45) is 1.75. The van der Waals surface area contributed by atoms with Crippen molar-refractivity contribution in [2.45, 2.75) is 20.8 Å². The van der Waals surface area contributed by atoms with Crippen LogP contribution in [-0.4, -0.2) is 40.6 Å². The number of carbonyl (C=O) groups excluding carboxylic acids is 1. The van der Waals surface area contributed by atoms with Crippen LogP contribution in [0.2, 0.25) is 0 Å². The van der Waals surface area contributed by atoms with Gasteiger partial charge in [-0.05, 0) is 50.6 Å². The topological polar surface area (TPSA) is 101 Å². The lowest BCUT2D eigenvalue weighted by atomic mass is 10.2. The Balaban J connectivity index is 1.43. The third kappa shape index (κ3) is 6.73. The minimum absolute atomic E-state index is 0.0206. The Bertz CT molecular complexity index is 991. The number of hydrogen-bond donors (Lipinski definition) is 3. The molecule has 0 radical (unpaired) electrons. The average molecular weight is 406 g/mol. The highest BCUT2D eigenvalue weighted by Gasteiger charge is 2.05. The summed E-state index contributed by atoms with van der Waals surface area (Å²) in [6.45, 7) is 6.78. The molecule has 3 rings (SSSR count). The number of anilines is 3. The molecule has 3 aromatic rings. The first-order valence-corrected chi connectivity index (χ1v) is 9.73. The highest BCUT2D eigenvalue weighted by atomic mass is 16.5. The summed E-state index contributed by atoms with van der Waals surface area (Å²) < 4.78 is 5.47. The zero-order valence-electron chi connectivity index (χ0n) is 17.4. The largest absolute Gasteiger partial charge is 0.484 e. The summed E-state index contributed by atoms with van der Waals surface area (Å²) in [7, 11) is 0. The third-order valence-electron chi connectivity index (χ3n) is 4.15. The third-order valence-corrected chi connectivity index (χ3v) is 4.15. The van der Waals surface area contributed by atoms with Crippen LogP contribution in [0.4, 0.5) is 17.5 Å². The Hall–Kier alpha value is -3.68. The predicted octanol–water partition coefficient (Wildman–Crippen LogP) is 3.15. The molecule has 0 aliphatic rings. The SMILES string of the molecule is Cc1ccc(OCC(=O)NCCNc2cc(Nc3cc(C)ccn3)nc(C)n2)cc1. The number of aryl methyl sites for hydroxylation is 3. The van der Waals surface area contributed by atoms with Crippen molar-refractivity contribution in [3.05, 3.63) is 65.6 Å². The van der Waals surface area contributed by atoms with E-state index >= 15 is 0 Å². The first-order valence-electron chi connectivity index (χ1n) is 9.73. The van der Waals surface area contributed by atoms with Crippen LogP contribution in [-0.2, 0) is 4.79 Å². The molecule has 8 nitrogen and oxygen atoms in total. The van der Waals surface area contributed by atoms with Gasteiger partial charge < -0.3 is 20.7 Å². The van der Waals surface area contributed by atoms with Crippen LogP contribution >= 0.6 is 0 Å². The van der Waals surface area contributed by atoms with Crippen molar-refractivity contribution in [3.8, 4) is 5.75 Å². The highest BCUT2D eigenvalue weighted by molar-refractivity contribution is 5.77. The van der Waals surface area contributed by atoms with E-state index in [1.165, 1.54) is 0 Å². The molecule has 2 aromatic heterocycles. The van der Waals surface area contributed by atoms with E-state index in [4.69, 9.17) is 4.74 Å². The van der Waals surface area contributed by atoms with Crippen LogP contribution in [0.15, 0.2) is 48.7 Å². The van der Waals surface area contributed by atoms with Crippen LogP contribution in [0.1, 0.15) is 17.0 Å². The molecule has 0 atom stereocenters. The summed E-state index contributed by atoms with van der Waals surface area (Å²) in [5.41, 5.74) is 2.25. The van der Waals surface area contributed by atoms with Crippen molar-refractivity contribution in [3.63, 3.8) is 0 Å². The van der Waals surface area contributed by atoms with Gasteiger partial charge in [0.2, 0.25) is 0 Å². The fourth-order valence-electron chi connectivity index (χ4n) is 2.68. The molecule has 0 unspecified atom stereocenters. The zero-order chi connectivity index (χ0) is 21.3. The number of rotatable bonds is 9. The van der Waals surface area contributed by atoms with E-state index < -0.39 is 0 Å². The maximum atomic E-state index is 11.9. The molecule has 0 saturated heterocycles. The second-order valence-corrected chi connectivity index (χ2v) is 6.91. The van der Waals surface area contributed by atoms with Crippen LogP contribution in [0.3, 0.4) is 0 Å². The minimum Gasteiger partial charge on any atom is -0.484 e. The molecule has 0 aliphatic carbocycles. The first-order chi connectivity index (χ1) is 14.5. The van der Waals surface area contributed by atoms with Crippen molar-refractivity contribution in [1.82, 2.24) is 20.3 Å². The van der Waals surface area contributed by atoms with E-state index in [0.717, 1.165) is 16.9 Å². The van der Waals surface area contributed by atoms with Gasteiger partial charge in [-0.1, -0.05) is 17.7 Å². The van der Waals surface area contributed by atoms with Gasteiger partial charge in [-0.25, -0.2) is 15.0 Å². The van der Waals surface area contributed by atoms with Gasteiger partial charge in [0.05, 0.1) is 0 Å². The average Bonchev–Trinajstić information content (AvgIpc) is 2.70. The lowest BCUT2D eigenvalue weighted by Gasteiger charge is -2.11. The van der Waals surface area contributed by atoms with Crippen molar-refractivity contribution in [2.75, 3.05) is 30.3 Å². The summed E-state index contributed by atoms with van der Waals surface area (Å²) in [5.74, 6) is 3.17. The molecular weight excluding hydrogens is 380 g/mol. The summed E-state index contributed by atoms with van der Waals surface area (Å²) in [5, 5.41) is 9.19. The number of nitrogens with zero attached hydrogens (tertiary/aromatic N) is 3. The molecule has 0 spiro atoms.